The SMILES string of the molecule is CCNC(=NCCc1ccc(OC)cc1Cl)NC1CCN(C(=O)C(CC)CC)CC1. The van der Waals surface area contributed by atoms with E-state index in [9.17, 15) is 4.79 Å². The maximum atomic E-state index is 12.6. The van der Waals surface area contributed by atoms with Gasteiger partial charge in [0, 0.05) is 43.2 Å². The van der Waals surface area contributed by atoms with Crippen LogP contribution in [0.1, 0.15) is 52.0 Å². The molecule has 168 valence electrons. The first kappa shape index (κ1) is 24.3. The Balaban J connectivity index is 1.86. The molecule has 0 radical (unpaired) electrons. The summed E-state index contributed by atoms with van der Waals surface area (Å²) in [5.41, 5.74) is 1.06. The summed E-state index contributed by atoms with van der Waals surface area (Å²) < 4.78 is 5.20. The molecule has 7 heteroatoms. The standard InChI is InChI=1S/C23H37ClN4O2/c1-5-17(6-2)22(29)28-14-11-19(12-15-28)27-23(25-7-3)26-13-10-18-8-9-20(30-4)16-21(18)24/h8-9,16-17,19H,5-7,10-15H2,1-4H3,(H2,25,26,27). The van der Waals surface area contributed by atoms with E-state index in [1.165, 1.54) is 0 Å². The molecule has 0 spiro atoms. The summed E-state index contributed by atoms with van der Waals surface area (Å²) in [6.45, 7) is 9.34. The van der Waals surface area contributed by atoms with Crippen LogP contribution in [0.5, 0.6) is 5.75 Å². The van der Waals surface area contributed by atoms with Crippen LogP contribution in [-0.4, -0.2) is 56.1 Å². The normalized spacial score (nSPS) is 15.4. The molecule has 30 heavy (non-hydrogen) atoms. The van der Waals surface area contributed by atoms with Crippen LogP contribution in [-0.2, 0) is 11.2 Å². The minimum Gasteiger partial charge on any atom is -0.497 e. The summed E-state index contributed by atoms with van der Waals surface area (Å²) in [6.07, 6.45) is 4.49. The molecule has 1 heterocycles. The third kappa shape index (κ3) is 7.08. The molecule has 1 fully saturated rings. The van der Waals surface area contributed by atoms with E-state index in [-0.39, 0.29) is 5.92 Å². The number of nitrogens with one attached hydrogen (secondary N) is 2. The van der Waals surface area contributed by atoms with Crippen LogP contribution in [0.3, 0.4) is 0 Å². The Hall–Kier alpha value is -1.95. The number of rotatable bonds is 9. The summed E-state index contributed by atoms with van der Waals surface area (Å²) in [5.74, 6) is 2.07. The fourth-order valence-corrected chi connectivity index (χ4v) is 4.06. The van der Waals surface area contributed by atoms with Gasteiger partial charge in [-0.05, 0) is 56.7 Å². The number of carbonyl (C=O) groups excluding carboxylic acids is 1. The first-order chi connectivity index (χ1) is 14.5. The summed E-state index contributed by atoms with van der Waals surface area (Å²) in [7, 11) is 1.64. The molecular formula is C23H37ClN4O2. The van der Waals surface area contributed by atoms with Crippen molar-refractivity contribution in [3.05, 3.63) is 28.8 Å². The van der Waals surface area contributed by atoms with Crippen LogP contribution in [0.2, 0.25) is 5.02 Å². The van der Waals surface area contributed by atoms with Crippen molar-refractivity contribution in [2.45, 2.75) is 58.9 Å². The average molecular weight is 437 g/mol. The Kier molecular flexibility index (Phi) is 10.3. The Morgan fingerprint density at radius 1 is 1.27 bits per heavy atom. The molecule has 1 aliphatic heterocycles. The molecule has 6 nitrogen and oxygen atoms in total. The molecule has 1 saturated heterocycles. The molecule has 1 aromatic carbocycles. The Labute approximate surface area is 186 Å². The van der Waals surface area contributed by atoms with Gasteiger partial charge < -0.3 is 20.3 Å². The van der Waals surface area contributed by atoms with Crippen LogP contribution in [0.15, 0.2) is 23.2 Å². The molecule has 0 unspecified atom stereocenters. The second kappa shape index (κ2) is 12.7. The fourth-order valence-electron chi connectivity index (χ4n) is 3.80. The van der Waals surface area contributed by atoms with Gasteiger partial charge in [0.1, 0.15) is 5.75 Å². The first-order valence-electron chi connectivity index (χ1n) is 11.2. The lowest BCUT2D eigenvalue weighted by Crippen LogP contribution is -2.50. The molecule has 0 aliphatic carbocycles. The smallest absolute Gasteiger partial charge is 0.225 e. The number of ether oxygens (including phenoxy) is 1. The second-order valence-electron chi connectivity index (χ2n) is 7.73. The van der Waals surface area contributed by atoms with Gasteiger partial charge in [0.2, 0.25) is 5.91 Å². The third-order valence-corrected chi connectivity index (χ3v) is 6.09. The zero-order valence-electron chi connectivity index (χ0n) is 18.8. The predicted molar refractivity (Wildman–Crippen MR) is 124 cm³/mol. The lowest BCUT2D eigenvalue weighted by molar-refractivity contribution is -0.136. The molecule has 0 saturated carbocycles. The zero-order valence-corrected chi connectivity index (χ0v) is 19.6. The van der Waals surface area contributed by atoms with Gasteiger partial charge in [0.25, 0.3) is 0 Å². The molecule has 1 aliphatic rings. The number of aliphatic imine (C=N–C) groups is 1. The number of amides is 1. The number of halogens is 1. The van der Waals surface area contributed by atoms with Crippen LogP contribution in [0, 0.1) is 5.92 Å². The number of methoxy groups -OCH3 is 1. The van der Waals surface area contributed by atoms with Crippen molar-refractivity contribution in [3.8, 4) is 5.75 Å². The first-order valence-corrected chi connectivity index (χ1v) is 11.6. The monoisotopic (exact) mass is 436 g/mol. The fraction of sp³-hybridized carbons (Fsp3) is 0.652. The number of nitrogens with zero attached hydrogens (tertiary/aromatic N) is 2. The van der Waals surface area contributed by atoms with E-state index in [0.29, 0.717) is 23.5 Å². The Morgan fingerprint density at radius 2 is 1.97 bits per heavy atom. The van der Waals surface area contributed by atoms with Crippen molar-refractivity contribution in [2.75, 3.05) is 33.3 Å². The minimum atomic E-state index is 0.165. The van der Waals surface area contributed by atoms with Crippen molar-refractivity contribution in [2.24, 2.45) is 10.9 Å². The minimum absolute atomic E-state index is 0.165. The highest BCUT2D eigenvalue weighted by Crippen LogP contribution is 2.22. The van der Waals surface area contributed by atoms with Gasteiger partial charge in [0.15, 0.2) is 5.96 Å². The Bertz CT molecular complexity index is 698. The van der Waals surface area contributed by atoms with Gasteiger partial charge in [-0.15, -0.1) is 0 Å². The van der Waals surface area contributed by atoms with E-state index in [1.807, 2.05) is 23.1 Å². The van der Waals surface area contributed by atoms with Gasteiger partial charge in [0.05, 0.1) is 7.11 Å². The second-order valence-corrected chi connectivity index (χ2v) is 8.13. The lowest BCUT2D eigenvalue weighted by Gasteiger charge is -2.34. The molecule has 1 aromatic rings. The van der Waals surface area contributed by atoms with E-state index in [4.69, 9.17) is 21.3 Å². The van der Waals surface area contributed by atoms with Crippen LogP contribution < -0.4 is 15.4 Å². The van der Waals surface area contributed by atoms with Crippen molar-refractivity contribution in [1.29, 1.82) is 0 Å². The quantitative estimate of drug-likeness (QED) is 0.455. The zero-order chi connectivity index (χ0) is 21.9. The molecule has 0 atom stereocenters. The van der Waals surface area contributed by atoms with E-state index >= 15 is 0 Å². The van der Waals surface area contributed by atoms with Crippen molar-refractivity contribution in [1.82, 2.24) is 15.5 Å². The highest BCUT2D eigenvalue weighted by atomic mass is 35.5. The highest BCUT2D eigenvalue weighted by molar-refractivity contribution is 6.31. The number of carbonyl (C=O) groups is 1. The number of benzene rings is 1. The van der Waals surface area contributed by atoms with E-state index < -0.39 is 0 Å². The Morgan fingerprint density at radius 3 is 2.53 bits per heavy atom. The van der Waals surface area contributed by atoms with Gasteiger partial charge >= 0.3 is 0 Å². The summed E-state index contributed by atoms with van der Waals surface area (Å²) >= 11 is 6.33. The topological polar surface area (TPSA) is 66.0 Å². The van der Waals surface area contributed by atoms with E-state index in [0.717, 1.165) is 69.0 Å². The number of guanidine groups is 1. The van der Waals surface area contributed by atoms with Crippen LogP contribution >= 0.6 is 11.6 Å². The van der Waals surface area contributed by atoms with Crippen LogP contribution in [0.25, 0.3) is 0 Å². The van der Waals surface area contributed by atoms with Crippen molar-refractivity contribution < 1.29 is 9.53 Å². The molecule has 1 amide bonds. The van der Waals surface area contributed by atoms with E-state index in [1.54, 1.807) is 7.11 Å². The molecule has 0 aromatic heterocycles. The summed E-state index contributed by atoms with van der Waals surface area (Å²) in [5, 5.41) is 7.57. The van der Waals surface area contributed by atoms with Crippen LogP contribution in [0.4, 0.5) is 0 Å². The average Bonchev–Trinajstić information content (AvgIpc) is 2.76. The number of piperidine rings is 1. The summed E-state index contributed by atoms with van der Waals surface area (Å²) in [4.78, 5) is 19.3. The maximum absolute atomic E-state index is 12.6. The number of hydrogen-bond acceptors (Lipinski definition) is 3. The predicted octanol–water partition coefficient (Wildman–Crippen LogP) is 3.87. The van der Waals surface area contributed by atoms with E-state index in [2.05, 4.69) is 31.4 Å². The third-order valence-electron chi connectivity index (χ3n) is 5.74. The summed E-state index contributed by atoms with van der Waals surface area (Å²) in [6, 6.07) is 6.08. The van der Waals surface area contributed by atoms with Gasteiger partial charge in [-0.2, -0.15) is 0 Å². The lowest BCUT2D eigenvalue weighted by atomic mass is 9.98. The maximum Gasteiger partial charge on any atom is 0.225 e. The van der Waals surface area contributed by atoms with Gasteiger partial charge in [-0.3, -0.25) is 9.79 Å². The van der Waals surface area contributed by atoms with Gasteiger partial charge in [-0.25, -0.2) is 0 Å². The molecule has 2 N–H and O–H groups in total. The van der Waals surface area contributed by atoms with Gasteiger partial charge in [-0.1, -0.05) is 31.5 Å². The largest absolute Gasteiger partial charge is 0.497 e. The molecule has 0 bridgehead atoms. The number of likely N-dealkylation sites (tertiary alicyclic amines) is 1. The molecular weight excluding hydrogens is 400 g/mol. The highest BCUT2D eigenvalue weighted by Gasteiger charge is 2.26. The number of hydrogen-bond donors (Lipinski definition) is 2. The molecule has 2 rings (SSSR count). The van der Waals surface area contributed by atoms with Crippen molar-refractivity contribution in [3.63, 3.8) is 0 Å². The van der Waals surface area contributed by atoms with Crippen molar-refractivity contribution >= 4 is 23.5 Å².